The van der Waals surface area contributed by atoms with Crippen molar-refractivity contribution in [1.29, 1.82) is 0 Å². The number of rotatable bonds is 7. The maximum Gasteiger partial charge on any atom is 0.268 e. The standard InChI is InChI=1S/C14H18Cl2N2O3S/c1-18(21-2)14(20)12(6-7-22-3)17-13(19)10-5-4-9(15)8-11(10)16/h4-5,8,12H,6-7H2,1-3H3,(H,17,19). The summed E-state index contributed by atoms with van der Waals surface area (Å²) in [4.78, 5) is 29.4. The smallest absolute Gasteiger partial charge is 0.268 e. The van der Waals surface area contributed by atoms with Crippen molar-refractivity contribution >= 4 is 46.8 Å². The monoisotopic (exact) mass is 364 g/mol. The van der Waals surface area contributed by atoms with Gasteiger partial charge in [-0.15, -0.1) is 0 Å². The Kier molecular flexibility index (Phi) is 8.03. The molecule has 0 saturated carbocycles. The normalized spacial score (nSPS) is 11.9. The van der Waals surface area contributed by atoms with E-state index in [4.69, 9.17) is 28.0 Å². The van der Waals surface area contributed by atoms with Crippen LogP contribution in [0.3, 0.4) is 0 Å². The second kappa shape index (κ2) is 9.25. The number of hydroxylamine groups is 2. The predicted octanol–water partition coefficient (Wildman–Crippen LogP) is 2.86. The van der Waals surface area contributed by atoms with Crippen LogP contribution in [0.2, 0.25) is 10.0 Å². The minimum absolute atomic E-state index is 0.237. The highest BCUT2D eigenvalue weighted by atomic mass is 35.5. The molecule has 1 unspecified atom stereocenters. The van der Waals surface area contributed by atoms with Crippen molar-refractivity contribution in [3.8, 4) is 0 Å². The van der Waals surface area contributed by atoms with Gasteiger partial charge >= 0.3 is 0 Å². The quantitative estimate of drug-likeness (QED) is 0.755. The van der Waals surface area contributed by atoms with Gasteiger partial charge in [-0.25, -0.2) is 5.06 Å². The Hall–Kier alpha value is -0.950. The maximum absolute atomic E-state index is 12.3. The largest absolute Gasteiger partial charge is 0.340 e. The summed E-state index contributed by atoms with van der Waals surface area (Å²) in [5.74, 6) is -0.0246. The van der Waals surface area contributed by atoms with Gasteiger partial charge in [0, 0.05) is 12.1 Å². The van der Waals surface area contributed by atoms with Crippen molar-refractivity contribution in [2.24, 2.45) is 0 Å². The van der Waals surface area contributed by atoms with E-state index in [9.17, 15) is 9.59 Å². The SMILES string of the molecule is CON(C)C(=O)C(CCSC)NC(=O)c1ccc(Cl)cc1Cl. The molecule has 0 radical (unpaired) electrons. The number of nitrogens with zero attached hydrogens (tertiary/aromatic N) is 1. The third kappa shape index (κ3) is 5.35. The van der Waals surface area contributed by atoms with Crippen LogP contribution in [0, 0.1) is 0 Å². The van der Waals surface area contributed by atoms with Crippen molar-refractivity contribution in [3.05, 3.63) is 33.8 Å². The number of benzene rings is 1. The maximum atomic E-state index is 12.3. The van der Waals surface area contributed by atoms with Gasteiger partial charge in [-0.2, -0.15) is 11.8 Å². The van der Waals surface area contributed by atoms with Crippen LogP contribution in [0.1, 0.15) is 16.8 Å². The number of hydrogen-bond donors (Lipinski definition) is 1. The summed E-state index contributed by atoms with van der Waals surface area (Å²) in [6.45, 7) is 0. The summed E-state index contributed by atoms with van der Waals surface area (Å²) in [7, 11) is 2.89. The van der Waals surface area contributed by atoms with Crippen LogP contribution in [0.15, 0.2) is 18.2 Å². The number of carbonyl (C=O) groups is 2. The summed E-state index contributed by atoms with van der Waals surface area (Å²) < 4.78 is 0. The van der Waals surface area contributed by atoms with Crippen molar-refractivity contribution in [3.63, 3.8) is 0 Å². The third-order valence-electron chi connectivity index (χ3n) is 2.97. The van der Waals surface area contributed by atoms with E-state index in [-0.39, 0.29) is 16.5 Å². The van der Waals surface area contributed by atoms with Crippen molar-refractivity contribution in [1.82, 2.24) is 10.4 Å². The number of thioether (sulfide) groups is 1. The summed E-state index contributed by atoms with van der Waals surface area (Å²) >= 11 is 13.4. The molecule has 0 saturated heterocycles. The Morgan fingerprint density at radius 3 is 2.64 bits per heavy atom. The topological polar surface area (TPSA) is 58.6 Å². The van der Waals surface area contributed by atoms with Gasteiger partial charge in [0.1, 0.15) is 6.04 Å². The minimum Gasteiger partial charge on any atom is -0.340 e. The molecule has 1 aromatic rings. The number of hydrogen-bond acceptors (Lipinski definition) is 4. The molecular weight excluding hydrogens is 347 g/mol. The molecule has 0 aliphatic heterocycles. The molecule has 0 bridgehead atoms. The van der Waals surface area contributed by atoms with E-state index in [1.54, 1.807) is 17.8 Å². The molecule has 1 N–H and O–H groups in total. The number of halogens is 2. The van der Waals surface area contributed by atoms with Crippen LogP contribution in [-0.2, 0) is 9.63 Å². The van der Waals surface area contributed by atoms with Gasteiger partial charge in [0.15, 0.2) is 0 Å². The van der Waals surface area contributed by atoms with Crippen molar-refractivity contribution < 1.29 is 14.4 Å². The molecule has 8 heteroatoms. The van der Waals surface area contributed by atoms with E-state index in [2.05, 4.69) is 5.32 Å². The lowest BCUT2D eigenvalue weighted by Gasteiger charge is -2.22. The summed E-state index contributed by atoms with van der Waals surface area (Å²) in [5.41, 5.74) is 0.271. The Morgan fingerprint density at radius 2 is 2.09 bits per heavy atom. The van der Waals surface area contributed by atoms with Gasteiger partial charge in [0.2, 0.25) is 0 Å². The molecule has 1 rings (SSSR count). The van der Waals surface area contributed by atoms with Gasteiger partial charge in [-0.3, -0.25) is 14.4 Å². The average Bonchev–Trinajstić information content (AvgIpc) is 2.49. The Labute approximate surface area is 144 Å². The zero-order chi connectivity index (χ0) is 16.7. The molecule has 2 amide bonds. The fourth-order valence-corrected chi connectivity index (χ4v) is 2.68. The molecule has 0 fully saturated rings. The molecule has 0 aromatic heterocycles. The zero-order valence-corrected chi connectivity index (χ0v) is 14.9. The molecule has 5 nitrogen and oxygen atoms in total. The lowest BCUT2D eigenvalue weighted by Crippen LogP contribution is -2.47. The molecule has 122 valence electrons. The first-order chi connectivity index (χ1) is 10.4. The van der Waals surface area contributed by atoms with E-state index < -0.39 is 11.9 Å². The molecule has 1 aromatic carbocycles. The van der Waals surface area contributed by atoms with Gasteiger partial charge < -0.3 is 5.32 Å². The first-order valence-electron chi connectivity index (χ1n) is 6.47. The van der Waals surface area contributed by atoms with E-state index in [0.717, 1.165) is 10.8 Å². The molecule has 0 spiro atoms. The van der Waals surface area contributed by atoms with Gasteiger partial charge in [-0.1, -0.05) is 23.2 Å². The molecule has 1 atom stereocenters. The van der Waals surface area contributed by atoms with Crippen LogP contribution in [0.5, 0.6) is 0 Å². The van der Waals surface area contributed by atoms with Gasteiger partial charge in [0.05, 0.1) is 17.7 Å². The van der Waals surface area contributed by atoms with E-state index in [1.165, 1.54) is 26.3 Å². The highest BCUT2D eigenvalue weighted by Gasteiger charge is 2.25. The lowest BCUT2D eigenvalue weighted by atomic mass is 10.1. The first-order valence-corrected chi connectivity index (χ1v) is 8.62. The Morgan fingerprint density at radius 1 is 1.41 bits per heavy atom. The number of carbonyl (C=O) groups excluding carboxylic acids is 2. The Balaban J connectivity index is 2.88. The highest BCUT2D eigenvalue weighted by molar-refractivity contribution is 7.98. The molecule has 22 heavy (non-hydrogen) atoms. The molecular formula is C14H18Cl2N2O3S. The molecule has 0 aliphatic carbocycles. The van der Waals surface area contributed by atoms with Crippen LogP contribution < -0.4 is 5.32 Å². The van der Waals surface area contributed by atoms with E-state index >= 15 is 0 Å². The fourth-order valence-electron chi connectivity index (χ4n) is 1.71. The van der Waals surface area contributed by atoms with Gasteiger partial charge in [-0.05, 0) is 36.6 Å². The number of amides is 2. The van der Waals surface area contributed by atoms with Crippen LogP contribution in [0.4, 0.5) is 0 Å². The number of likely N-dealkylation sites (N-methyl/N-ethyl adjacent to an activating group) is 1. The first kappa shape index (κ1) is 19.1. The minimum atomic E-state index is -0.684. The molecule has 0 aliphatic rings. The average molecular weight is 365 g/mol. The van der Waals surface area contributed by atoms with E-state index in [0.29, 0.717) is 11.4 Å². The lowest BCUT2D eigenvalue weighted by molar-refractivity contribution is -0.170. The third-order valence-corrected chi connectivity index (χ3v) is 4.17. The van der Waals surface area contributed by atoms with Gasteiger partial charge in [0.25, 0.3) is 11.8 Å². The van der Waals surface area contributed by atoms with Crippen LogP contribution in [-0.4, -0.2) is 49.1 Å². The van der Waals surface area contributed by atoms with Crippen molar-refractivity contribution in [2.45, 2.75) is 12.5 Å². The summed E-state index contributed by atoms with van der Waals surface area (Å²) in [6.07, 6.45) is 2.42. The van der Waals surface area contributed by atoms with Crippen molar-refractivity contribution in [2.75, 3.05) is 26.2 Å². The van der Waals surface area contributed by atoms with E-state index in [1.807, 2.05) is 6.26 Å². The molecule has 0 heterocycles. The summed E-state index contributed by atoms with van der Waals surface area (Å²) in [5, 5.41) is 4.46. The number of nitrogens with one attached hydrogen (secondary N) is 1. The van der Waals surface area contributed by atoms with Crippen LogP contribution in [0.25, 0.3) is 0 Å². The second-order valence-electron chi connectivity index (χ2n) is 4.45. The summed E-state index contributed by atoms with van der Waals surface area (Å²) in [6, 6.07) is 3.90. The second-order valence-corrected chi connectivity index (χ2v) is 6.28. The Bertz CT molecular complexity index is 543. The van der Waals surface area contributed by atoms with Crippen LogP contribution >= 0.6 is 35.0 Å². The predicted molar refractivity (Wildman–Crippen MR) is 90.5 cm³/mol. The highest BCUT2D eigenvalue weighted by Crippen LogP contribution is 2.21. The fraction of sp³-hybridized carbons (Fsp3) is 0.429. The zero-order valence-electron chi connectivity index (χ0n) is 12.6.